The fourth-order valence-corrected chi connectivity index (χ4v) is 1.85. The van der Waals surface area contributed by atoms with Crippen molar-refractivity contribution in [2.45, 2.75) is 40.0 Å². The van der Waals surface area contributed by atoms with E-state index in [9.17, 15) is 0 Å². The summed E-state index contributed by atoms with van der Waals surface area (Å²) in [4.78, 5) is 0. The van der Waals surface area contributed by atoms with Crippen molar-refractivity contribution in [3.05, 3.63) is 0 Å². The summed E-state index contributed by atoms with van der Waals surface area (Å²) in [6, 6.07) is 0. The summed E-state index contributed by atoms with van der Waals surface area (Å²) in [5, 5.41) is 3.50. The van der Waals surface area contributed by atoms with Crippen LogP contribution in [0, 0.1) is 11.3 Å². The first-order valence-electron chi connectivity index (χ1n) is 6.00. The lowest BCUT2D eigenvalue weighted by Gasteiger charge is -2.19. The van der Waals surface area contributed by atoms with E-state index in [1.807, 2.05) is 0 Å². The van der Waals surface area contributed by atoms with E-state index >= 15 is 0 Å². The molecule has 0 aromatic heterocycles. The van der Waals surface area contributed by atoms with Gasteiger partial charge in [-0.15, -0.1) is 0 Å². The van der Waals surface area contributed by atoms with Gasteiger partial charge in [-0.1, -0.05) is 20.8 Å². The Balaban J connectivity index is 1.94. The molecule has 0 unspecified atom stereocenters. The lowest BCUT2D eigenvalue weighted by atomic mass is 9.92. The van der Waals surface area contributed by atoms with Gasteiger partial charge >= 0.3 is 0 Å². The van der Waals surface area contributed by atoms with E-state index in [4.69, 9.17) is 4.74 Å². The van der Waals surface area contributed by atoms with E-state index in [0.717, 1.165) is 32.1 Å². The molecule has 14 heavy (non-hydrogen) atoms. The Morgan fingerprint density at radius 3 is 2.50 bits per heavy atom. The summed E-state index contributed by atoms with van der Waals surface area (Å²) in [6.07, 6.45) is 3.94. The van der Waals surface area contributed by atoms with Gasteiger partial charge in [0.15, 0.2) is 0 Å². The molecule has 1 fully saturated rings. The van der Waals surface area contributed by atoms with Crippen LogP contribution in [0.1, 0.15) is 40.0 Å². The normalized spacial score (nSPS) is 18.9. The molecule has 0 aromatic rings. The van der Waals surface area contributed by atoms with Crippen molar-refractivity contribution in [2.24, 2.45) is 11.3 Å². The molecule has 1 N–H and O–H groups in total. The fraction of sp³-hybridized carbons (Fsp3) is 1.00. The fourth-order valence-electron chi connectivity index (χ4n) is 1.85. The summed E-state index contributed by atoms with van der Waals surface area (Å²) in [7, 11) is 0. The first-order chi connectivity index (χ1) is 6.71. The van der Waals surface area contributed by atoms with Gasteiger partial charge in [-0.25, -0.2) is 0 Å². The maximum absolute atomic E-state index is 5.42. The minimum Gasteiger partial charge on any atom is -0.380 e. The van der Waals surface area contributed by atoms with Gasteiger partial charge in [0.1, 0.15) is 0 Å². The lowest BCUT2D eigenvalue weighted by molar-refractivity contribution is 0.134. The van der Waals surface area contributed by atoms with Crippen LogP contribution in [0.2, 0.25) is 0 Å². The SMILES string of the molecule is CCCOCCNCC1(C(C)C)CC1. The van der Waals surface area contributed by atoms with Crippen molar-refractivity contribution >= 4 is 0 Å². The number of hydrogen-bond donors (Lipinski definition) is 1. The third kappa shape index (κ3) is 3.58. The van der Waals surface area contributed by atoms with Crippen molar-refractivity contribution in [3.63, 3.8) is 0 Å². The molecule has 2 heteroatoms. The van der Waals surface area contributed by atoms with Crippen LogP contribution in [0.4, 0.5) is 0 Å². The van der Waals surface area contributed by atoms with Gasteiger partial charge < -0.3 is 10.1 Å². The van der Waals surface area contributed by atoms with E-state index in [0.29, 0.717) is 5.41 Å². The van der Waals surface area contributed by atoms with Gasteiger partial charge in [-0.2, -0.15) is 0 Å². The quantitative estimate of drug-likeness (QED) is 0.606. The van der Waals surface area contributed by atoms with Gasteiger partial charge in [0, 0.05) is 19.7 Å². The molecule has 84 valence electrons. The van der Waals surface area contributed by atoms with Crippen molar-refractivity contribution in [1.29, 1.82) is 0 Å². The highest BCUT2D eigenvalue weighted by molar-refractivity contribution is 4.96. The Morgan fingerprint density at radius 1 is 1.29 bits per heavy atom. The Bertz CT molecular complexity index is 152. The van der Waals surface area contributed by atoms with E-state index in [1.54, 1.807) is 0 Å². The Morgan fingerprint density at radius 2 is 2.00 bits per heavy atom. The van der Waals surface area contributed by atoms with Crippen LogP contribution in [0.25, 0.3) is 0 Å². The zero-order chi connectivity index (χ0) is 10.4. The minimum absolute atomic E-state index is 0.630. The van der Waals surface area contributed by atoms with Gasteiger partial charge in [-0.05, 0) is 30.6 Å². The molecule has 0 spiro atoms. The predicted molar refractivity (Wildman–Crippen MR) is 60.5 cm³/mol. The highest BCUT2D eigenvalue weighted by atomic mass is 16.5. The maximum Gasteiger partial charge on any atom is 0.0590 e. The standard InChI is InChI=1S/C12H25NO/c1-4-8-14-9-7-13-10-12(5-6-12)11(2)3/h11,13H,4-10H2,1-3H3. The smallest absolute Gasteiger partial charge is 0.0590 e. The van der Waals surface area contributed by atoms with Crippen molar-refractivity contribution < 1.29 is 4.74 Å². The zero-order valence-corrected chi connectivity index (χ0v) is 9.94. The molecule has 0 radical (unpaired) electrons. The molecule has 0 bridgehead atoms. The van der Waals surface area contributed by atoms with Crippen LogP contribution in [0.5, 0.6) is 0 Å². The Labute approximate surface area is 88.4 Å². The van der Waals surface area contributed by atoms with Crippen LogP contribution in [-0.2, 0) is 4.74 Å². The third-order valence-electron chi connectivity index (χ3n) is 3.37. The van der Waals surface area contributed by atoms with Crippen molar-refractivity contribution in [3.8, 4) is 0 Å². The molecule has 1 aliphatic carbocycles. The molecule has 0 amide bonds. The summed E-state index contributed by atoms with van der Waals surface area (Å²) < 4.78 is 5.42. The number of hydrogen-bond acceptors (Lipinski definition) is 2. The molecule has 0 aliphatic heterocycles. The summed E-state index contributed by atoms with van der Waals surface area (Å²) in [5.74, 6) is 0.826. The molecule has 0 aromatic carbocycles. The molecule has 1 aliphatic rings. The van der Waals surface area contributed by atoms with E-state index in [2.05, 4.69) is 26.1 Å². The molecule has 0 atom stereocenters. The Hall–Kier alpha value is -0.0800. The zero-order valence-electron chi connectivity index (χ0n) is 9.94. The van der Waals surface area contributed by atoms with Gasteiger partial charge in [0.25, 0.3) is 0 Å². The molecule has 1 saturated carbocycles. The monoisotopic (exact) mass is 199 g/mol. The van der Waals surface area contributed by atoms with E-state index < -0.39 is 0 Å². The van der Waals surface area contributed by atoms with Crippen LogP contribution in [-0.4, -0.2) is 26.3 Å². The summed E-state index contributed by atoms with van der Waals surface area (Å²) in [6.45, 7) is 10.8. The van der Waals surface area contributed by atoms with Gasteiger partial charge in [0.05, 0.1) is 6.61 Å². The second-order valence-corrected chi connectivity index (χ2v) is 4.81. The second-order valence-electron chi connectivity index (χ2n) is 4.81. The van der Waals surface area contributed by atoms with Crippen LogP contribution in [0.3, 0.4) is 0 Å². The van der Waals surface area contributed by atoms with Gasteiger partial charge in [0.2, 0.25) is 0 Å². The maximum atomic E-state index is 5.42. The Kier molecular flexibility index (Phi) is 4.90. The molecule has 0 saturated heterocycles. The molecule has 2 nitrogen and oxygen atoms in total. The van der Waals surface area contributed by atoms with Crippen LogP contribution in [0.15, 0.2) is 0 Å². The molecule has 0 heterocycles. The average Bonchev–Trinajstić information content (AvgIpc) is 2.92. The molecule has 1 rings (SSSR count). The van der Waals surface area contributed by atoms with Crippen LogP contribution >= 0.6 is 0 Å². The van der Waals surface area contributed by atoms with E-state index in [-0.39, 0.29) is 0 Å². The predicted octanol–water partition coefficient (Wildman–Crippen LogP) is 2.44. The number of ether oxygens (including phenoxy) is 1. The summed E-state index contributed by atoms with van der Waals surface area (Å²) >= 11 is 0. The summed E-state index contributed by atoms with van der Waals surface area (Å²) in [5.41, 5.74) is 0.630. The number of nitrogens with one attached hydrogen (secondary N) is 1. The van der Waals surface area contributed by atoms with E-state index in [1.165, 1.54) is 19.4 Å². The lowest BCUT2D eigenvalue weighted by Crippen LogP contribution is -2.30. The molecular weight excluding hydrogens is 174 g/mol. The average molecular weight is 199 g/mol. The second kappa shape index (κ2) is 5.72. The first-order valence-corrected chi connectivity index (χ1v) is 6.00. The van der Waals surface area contributed by atoms with Crippen molar-refractivity contribution in [1.82, 2.24) is 5.32 Å². The number of rotatable bonds is 8. The van der Waals surface area contributed by atoms with Gasteiger partial charge in [-0.3, -0.25) is 0 Å². The highest BCUT2D eigenvalue weighted by Crippen LogP contribution is 2.51. The highest BCUT2D eigenvalue weighted by Gasteiger charge is 2.44. The molecular formula is C12H25NO. The van der Waals surface area contributed by atoms with Crippen LogP contribution < -0.4 is 5.32 Å². The van der Waals surface area contributed by atoms with Crippen molar-refractivity contribution in [2.75, 3.05) is 26.3 Å². The topological polar surface area (TPSA) is 21.3 Å². The minimum atomic E-state index is 0.630. The third-order valence-corrected chi connectivity index (χ3v) is 3.37. The largest absolute Gasteiger partial charge is 0.380 e. The first kappa shape index (κ1) is 12.0.